The Kier molecular flexibility index (Phi) is 5.71. The fourth-order valence-corrected chi connectivity index (χ4v) is 2.30. The quantitative estimate of drug-likeness (QED) is 0.839. The van der Waals surface area contributed by atoms with Gasteiger partial charge in [-0.2, -0.15) is 0 Å². The van der Waals surface area contributed by atoms with Crippen molar-refractivity contribution in [2.75, 3.05) is 14.2 Å². The zero-order valence-electron chi connectivity index (χ0n) is 12.8. The molecule has 0 heterocycles. The number of hydrogen-bond acceptors (Lipinski definition) is 4. The topological polar surface area (TPSA) is 65.0 Å². The number of methoxy groups -OCH3 is 2. The van der Waals surface area contributed by atoms with Gasteiger partial charge in [-0.1, -0.05) is 11.6 Å². The van der Waals surface area contributed by atoms with Crippen LogP contribution in [0, 0.1) is 0 Å². The van der Waals surface area contributed by atoms with Crippen molar-refractivity contribution < 1.29 is 24.1 Å². The van der Waals surface area contributed by atoms with Gasteiger partial charge in [-0.25, -0.2) is 4.79 Å². The number of carboxylic acids is 1. The Labute approximate surface area is 139 Å². The first kappa shape index (κ1) is 17.0. The van der Waals surface area contributed by atoms with E-state index in [2.05, 4.69) is 0 Å². The Morgan fingerprint density at radius 3 is 2.30 bits per heavy atom. The van der Waals surface area contributed by atoms with Crippen LogP contribution in [0.3, 0.4) is 0 Å². The molecule has 0 aliphatic heterocycles. The maximum Gasteiger partial charge on any atom is 0.345 e. The van der Waals surface area contributed by atoms with Gasteiger partial charge in [0, 0.05) is 11.4 Å². The van der Waals surface area contributed by atoms with Crippen molar-refractivity contribution in [3.05, 3.63) is 53.1 Å². The number of hydrogen-bond donors (Lipinski definition) is 1. The molecule has 0 amide bonds. The van der Waals surface area contributed by atoms with Gasteiger partial charge < -0.3 is 19.3 Å². The number of carboxylic acid groups (broad SMARTS) is 1. The molecule has 0 bridgehead atoms. The van der Waals surface area contributed by atoms with Crippen LogP contribution in [0.25, 0.3) is 0 Å². The van der Waals surface area contributed by atoms with Crippen LogP contribution < -0.4 is 14.2 Å². The molecule has 0 saturated heterocycles. The van der Waals surface area contributed by atoms with Gasteiger partial charge in [0.1, 0.15) is 17.2 Å². The normalized spacial score (nSPS) is 11.6. The van der Waals surface area contributed by atoms with Crippen LogP contribution in [-0.2, 0) is 11.2 Å². The molecule has 1 N–H and O–H groups in total. The van der Waals surface area contributed by atoms with Crippen LogP contribution in [0.15, 0.2) is 42.5 Å². The van der Waals surface area contributed by atoms with E-state index in [1.807, 2.05) is 0 Å². The molecule has 2 rings (SSSR count). The SMILES string of the molecule is COc1ccc(O[C@@H](Cc2cc(Cl)ccc2OC)C(=O)O)cc1. The number of aliphatic carboxylic acids is 1. The van der Waals surface area contributed by atoms with Crippen molar-refractivity contribution in [3.8, 4) is 17.2 Å². The summed E-state index contributed by atoms with van der Waals surface area (Å²) in [6, 6.07) is 11.8. The van der Waals surface area contributed by atoms with E-state index in [1.54, 1.807) is 49.6 Å². The van der Waals surface area contributed by atoms with Crippen LogP contribution in [0.1, 0.15) is 5.56 Å². The van der Waals surface area contributed by atoms with Gasteiger partial charge in [-0.05, 0) is 48.0 Å². The summed E-state index contributed by atoms with van der Waals surface area (Å²) in [5.74, 6) is 0.613. The van der Waals surface area contributed by atoms with Crippen LogP contribution >= 0.6 is 11.6 Å². The summed E-state index contributed by atoms with van der Waals surface area (Å²) in [6.07, 6.45) is -0.929. The summed E-state index contributed by atoms with van der Waals surface area (Å²) in [6.45, 7) is 0. The van der Waals surface area contributed by atoms with E-state index in [4.69, 9.17) is 25.8 Å². The van der Waals surface area contributed by atoms with E-state index >= 15 is 0 Å². The van der Waals surface area contributed by atoms with E-state index in [9.17, 15) is 9.90 Å². The molecule has 0 saturated carbocycles. The van der Waals surface area contributed by atoms with Gasteiger partial charge >= 0.3 is 5.97 Å². The van der Waals surface area contributed by atoms with Crippen LogP contribution in [0.4, 0.5) is 0 Å². The molecule has 5 nitrogen and oxygen atoms in total. The molecule has 0 aromatic heterocycles. The molecule has 0 spiro atoms. The first-order chi connectivity index (χ1) is 11.0. The van der Waals surface area contributed by atoms with E-state index in [1.165, 1.54) is 7.11 Å². The van der Waals surface area contributed by atoms with Crippen molar-refractivity contribution >= 4 is 17.6 Å². The molecule has 1 atom stereocenters. The summed E-state index contributed by atoms with van der Waals surface area (Å²) >= 11 is 5.97. The summed E-state index contributed by atoms with van der Waals surface area (Å²) in [5.41, 5.74) is 0.668. The minimum Gasteiger partial charge on any atom is -0.497 e. The lowest BCUT2D eigenvalue weighted by Gasteiger charge is -2.17. The highest BCUT2D eigenvalue weighted by atomic mass is 35.5. The molecule has 2 aromatic rings. The van der Waals surface area contributed by atoms with Crippen molar-refractivity contribution in [1.29, 1.82) is 0 Å². The molecule has 0 fully saturated rings. The second-order valence-corrected chi connectivity index (χ2v) is 5.22. The van der Waals surface area contributed by atoms with Crippen molar-refractivity contribution in [1.82, 2.24) is 0 Å². The largest absolute Gasteiger partial charge is 0.497 e. The summed E-state index contributed by atoms with van der Waals surface area (Å²) in [4.78, 5) is 11.5. The molecule has 122 valence electrons. The van der Waals surface area contributed by atoms with Crippen LogP contribution in [0.5, 0.6) is 17.2 Å². The average Bonchev–Trinajstić information content (AvgIpc) is 2.55. The third-order valence-corrected chi connectivity index (χ3v) is 3.50. The summed E-state index contributed by atoms with van der Waals surface area (Å²) in [7, 11) is 3.08. The molecule has 6 heteroatoms. The molecule has 0 aliphatic carbocycles. The lowest BCUT2D eigenvalue weighted by molar-refractivity contribution is -0.145. The fourth-order valence-electron chi connectivity index (χ4n) is 2.10. The Balaban J connectivity index is 2.18. The highest BCUT2D eigenvalue weighted by Crippen LogP contribution is 2.26. The maximum atomic E-state index is 11.5. The number of halogens is 1. The zero-order chi connectivity index (χ0) is 16.8. The molecule has 0 unspecified atom stereocenters. The molecule has 2 aromatic carbocycles. The number of benzene rings is 2. The Morgan fingerprint density at radius 1 is 1.09 bits per heavy atom. The molecular weight excluding hydrogens is 320 g/mol. The van der Waals surface area contributed by atoms with Gasteiger partial charge in [0.2, 0.25) is 0 Å². The van der Waals surface area contributed by atoms with Gasteiger partial charge in [-0.3, -0.25) is 0 Å². The second-order valence-electron chi connectivity index (χ2n) is 4.78. The number of ether oxygens (including phenoxy) is 3. The smallest absolute Gasteiger partial charge is 0.345 e. The van der Waals surface area contributed by atoms with Crippen LogP contribution in [0.2, 0.25) is 5.02 Å². The highest BCUT2D eigenvalue weighted by Gasteiger charge is 2.22. The average molecular weight is 337 g/mol. The molecule has 0 aliphatic rings. The zero-order valence-corrected chi connectivity index (χ0v) is 13.5. The van der Waals surface area contributed by atoms with Crippen molar-refractivity contribution in [3.63, 3.8) is 0 Å². The maximum absolute atomic E-state index is 11.5. The third-order valence-electron chi connectivity index (χ3n) is 3.26. The van der Waals surface area contributed by atoms with Crippen molar-refractivity contribution in [2.24, 2.45) is 0 Å². The number of rotatable bonds is 7. The van der Waals surface area contributed by atoms with E-state index < -0.39 is 12.1 Å². The number of carbonyl (C=O) groups is 1. The second kappa shape index (κ2) is 7.74. The lowest BCUT2D eigenvalue weighted by Crippen LogP contribution is -2.29. The lowest BCUT2D eigenvalue weighted by atomic mass is 10.1. The van der Waals surface area contributed by atoms with Crippen molar-refractivity contribution in [2.45, 2.75) is 12.5 Å². The van der Waals surface area contributed by atoms with E-state index in [0.29, 0.717) is 27.8 Å². The van der Waals surface area contributed by atoms with Gasteiger partial charge in [-0.15, -0.1) is 0 Å². The molecule has 23 heavy (non-hydrogen) atoms. The summed E-state index contributed by atoms with van der Waals surface area (Å²) in [5, 5.41) is 9.91. The van der Waals surface area contributed by atoms with E-state index in [0.717, 1.165) is 0 Å². The minimum atomic E-state index is -1.07. The minimum absolute atomic E-state index is 0.130. The Hall–Kier alpha value is -2.40. The van der Waals surface area contributed by atoms with Gasteiger partial charge in [0.15, 0.2) is 6.10 Å². The molecular formula is C17H17ClO5. The van der Waals surface area contributed by atoms with E-state index in [-0.39, 0.29) is 6.42 Å². The fraction of sp³-hybridized carbons (Fsp3) is 0.235. The monoisotopic (exact) mass is 336 g/mol. The van der Waals surface area contributed by atoms with Gasteiger partial charge in [0.25, 0.3) is 0 Å². The molecule has 0 radical (unpaired) electrons. The Bertz CT molecular complexity index is 669. The first-order valence-corrected chi connectivity index (χ1v) is 7.27. The predicted molar refractivity (Wildman–Crippen MR) is 86.8 cm³/mol. The third kappa shape index (κ3) is 4.53. The first-order valence-electron chi connectivity index (χ1n) is 6.89. The predicted octanol–water partition coefficient (Wildman–Crippen LogP) is 3.43. The van der Waals surface area contributed by atoms with Gasteiger partial charge in [0.05, 0.1) is 14.2 Å². The summed E-state index contributed by atoms with van der Waals surface area (Å²) < 4.78 is 15.9. The standard InChI is InChI=1S/C17H17ClO5/c1-21-13-4-6-14(7-5-13)23-16(17(19)20)10-11-9-12(18)3-8-15(11)22-2/h3-9,16H,10H2,1-2H3,(H,19,20)/t16-/m0/s1. The highest BCUT2D eigenvalue weighted by molar-refractivity contribution is 6.30. The van der Waals surface area contributed by atoms with Crippen LogP contribution in [-0.4, -0.2) is 31.4 Å². The Morgan fingerprint density at radius 2 is 1.74 bits per heavy atom.